The summed E-state index contributed by atoms with van der Waals surface area (Å²) >= 11 is 0. The number of halogens is 4. The zero-order valence-electron chi connectivity index (χ0n) is 30.2. The summed E-state index contributed by atoms with van der Waals surface area (Å²) in [5.41, 5.74) is 0. The van der Waals surface area contributed by atoms with Crippen molar-refractivity contribution in [3.05, 3.63) is 7.43 Å². The number of fused-ring (bicyclic) bond motifs is 4. The molecule has 8 aliphatic heterocycles. The van der Waals surface area contributed by atoms with E-state index in [0.717, 1.165) is 26.2 Å². The Labute approximate surface area is 343 Å². The van der Waals surface area contributed by atoms with Crippen molar-refractivity contribution >= 4 is 23.3 Å². The maximum absolute atomic E-state index is 4.55. The van der Waals surface area contributed by atoms with E-state index in [4.69, 9.17) is 0 Å². The Morgan fingerprint density at radius 3 is 0.694 bits per heavy atom. The zero-order chi connectivity index (χ0) is 30.1. The van der Waals surface area contributed by atoms with Crippen molar-refractivity contribution in [1.29, 1.82) is 0 Å². The Bertz CT molecular complexity index is 824. The Hall–Kier alpha value is -0.200. The van der Waals surface area contributed by atoms with Gasteiger partial charge in [-0.1, -0.05) is 25.7 Å². The zero-order valence-corrected chi connectivity index (χ0v) is 36.6. The predicted octanol–water partition coefficient (Wildman–Crippen LogP) is -5.24. The van der Waals surface area contributed by atoms with Crippen molar-refractivity contribution in [1.82, 2.24) is 19.6 Å². The van der Waals surface area contributed by atoms with Gasteiger partial charge < -0.3 is 87.5 Å². The molecule has 0 atom stereocenters. The second-order valence-corrected chi connectivity index (χ2v) is 13.8. The van der Waals surface area contributed by atoms with Gasteiger partial charge in [-0.15, -0.1) is 0 Å². The van der Waals surface area contributed by atoms with Crippen LogP contribution in [-0.2, 0) is 0 Å². The van der Waals surface area contributed by atoms with Gasteiger partial charge in [0.05, 0.1) is 23.3 Å². The van der Waals surface area contributed by atoms with Crippen LogP contribution in [0.25, 0.3) is 0 Å². The summed E-state index contributed by atoms with van der Waals surface area (Å²) in [6, 6.07) is 0. The average molecular weight is 941 g/mol. The average Bonchev–Trinajstić information content (AvgIpc) is 3.65. The molecule has 0 aromatic rings. The van der Waals surface area contributed by atoms with Crippen LogP contribution in [0.1, 0.15) is 128 Å². The summed E-state index contributed by atoms with van der Waals surface area (Å²) in [5.74, 6) is 5.59. The molecule has 49 heavy (non-hydrogen) atoms. The van der Waals surface area contributed by atoms with Gasteiger partial charge in [-0.2, -0.15) is 0 Å². The fourth-order valence-corrected chi connectivity index (χ4v) is 7.76. The van der Waals surface area contributed by atoms with Gasteiger partial charge in [-0.25, -0.2) is 0 Å². The maximum atomic E-state index is 4.55. The van der Waals surface area contributed by atoms with Gasteiger partial charge in [0.15, 0.2) is 0 Å². The first-order chi connectivity index (χ1) is 21.9. The molecule has 280 valence electrons. The molecule has 4 saturated heterocycles. The molecule has 12 heteroatoms. The molecule has 0 amide bonds. The summed E-state index contributed by atoms with van der Waals surface area (Å²) in [5, 5.41) is 0. The second kappa shape index (κ2) is 29.3. The Morgan fingerprint density at radius 1 is 0.265 bits per heavy atom. The Kier molecular flexibility index (Phi) is 29.2. The number of amidine groups is 4. The van der Waals surface area contributed by atoms with Crippen molar-refractivity contribution in [2.75, 3.05) is 78.5 Å². The fourth-order valence-electron chi connectivity index (χ4n) is 7.76. The van der Waals surface area contributed by atoms with Crippen LogP contribution in [0.15, 0.2) is 20.0 Å². The van der Waals surface area contributed by atoms with Gasteiger partial charge in [0.2, 0.25) is 0 Å². The van der Waals surface area contributed by atoms with Crippen LogP contribution in [0.4, 0.5) is 0 Å². The fraction of sp³-hybridized carbons (Fsp3) is 0.865. The molecule has 0 bridgehead atoms. The van der Waals surface area contributed by atoms with E-state index in [9.17, 15) is 0 Å². The third-order valence-electron chi connectivity index (χ3n) is 10.3. The first kappa shape index (κ1) is 48.8. The standard InChI is InChI=1S/4C9H16N2.C.4BrH/c4*1-2-5-9-10-6-4-8-11(9)7-3-1;;;;;/h4*1-8H2;;4*1H/q;;;;+4;;;;/p-4. The van der Waals surface area contributed by atoms with E-state index in [0.29, 0.717) is 0 Å². The van der Waals surface area contributed by atoms with Gasteiger partial charge >= 0.3 is 7.43 Å². The maximum Gasteiger partial charge on any atom is 4.00 e. The number of hydrogen-bond acceptors (Lipinski definition) is 8. The van der Waals surface area contributed by atoms with Gasteiger partial charge in [0.25, 0.3) is 0 Å². The van der Waals surface area contributed by atoms with Gasteiger partial charge in [-0.3, -0.25) is 20.0 Å². The molecule has 0 unspecified atom stereocenters. The van der Waals surface area contributed by atoms with Crippen molar-refractivity contribution in [3.63, 3.8) is 0 Å². The number of nitrogens with zero attached hydrogens (tertiary/aromatic N) is 8. The van der Waals surface area contributed by atoms with Crippen LogP contribution in [-0.4, -0.2) is 121 Å². The summed E-state index contributed by atoms with van der Waals surface area (Å²) < 4.78 is 0. The van der Waals surface area contributed by atoms with E-state index in [1.54, 1.807) is 0 Å². The minimum absolute atomic E-state index is 0. The third-order valence-corrected chi connectivity index (χ3v) is 10.3. The molecule has 0 radical (unpaired) electrons. The monoisotopic (exact) mass is 936 g/mol. The summed E-state index contributed by atoms with van der Waals surface area (Å²) in [6.45, 7) is 14.4. The van der Waals surface area contributed by atoms with E-state index in [2.05, 4.69) is 39.6 Å². The van der Waals surface area contributed by atoms with Gasteiger partial charge in [0, 0.05) is 104 Å². The Morgan fingerprint density at radius 2 is 0.469 bits per heavy atom. The summed E-state index contributed by atoms with van der Waals surface area (Å²) in [4.78, 5) is 28.1. The molecule has 0 N–H and O–H groups in total. The molecular weight excluding hydrogens is 876 g/mol. The minimum Gasteiger partial charge on any atom is -1.00 e. The molecule has 8 aliphatic rings. The van der Waals surface area contributed by atoms with Crippen LogP contribution in [0, 0.1) is 7.43 Å². The second-order valence-electron chi connectivity index (χ2n) is 13.8. The molecule has 0 aliphatic carbocycles. The first-order valence-corrected chi connectivity index (χ1v) is 19.0. The number of aliphatic imine (C=N–C) groups is 4. The van der Waals surface area contributed by atoms with Gasteiger partial charge in [-0.05, 0) is 77.0 Å². The van der Waals surface area contributed by atoms with Crippen LogP contribution in [0.5, 0.6) is 0 Å². The molecule has 4 fully saturated rings. The molecule has 8 heterocycles. The Balaban J connectivity index is 0.000000606. The normalized spacial score (nSPS) is 22.9. The molecule has 0 aromatic heterocycles. The van der Waals surface area contributed by atoms with Crippen molar-refractivity contribution in [2.45, 2.75) is 128 Å². The SMILES string of the molecule is C1CCC2=NCCCN2CC1.C1CCC2=NCCCN2CC1.C1CCC2=NCCCN2CC1.C1CCC2=NCCCN2CC1.[Br-].[Br-].[Br-].[Br-].[C+4]. The van der Waals surface area contributed by atoms with Crippen LogP contribution < -0.4 is 67.9 Å². The smallest absolute Gasteiger partial charge is 1.00 e. The van der Waals surface area contributed by atoms with E-state index < -0.39 is 0 Å². The summed E-state index contributed by atoms with van der Waals surface area (Å²) in [7, 11) is 0. The number of rotatable bonds is 0. The predicted molar refractivity (Wildman–Crippen MR) is 191 cm³/mol. The molecular formula is C37H64Br4N8. The molecule has 8 nitrogen and oxygen atoms in total. The molecule has 0 spiro atoms. The minimum atomic E-state index is 0. The van der Waals surface area contributed by atoms with Crippen LogP contribution in [0.3, 0.4) is 0 Å². The largest absolute Gasteiger partial charge is 4.00 e. The molecule has 0 aromatic carbocycles. The molecule has 0 saturated carbocycles. The van der Waals surface area contributed by atoms with Crippen molar-refractivity contribution < 1.29 is 67.9 Å². The quantitative estimate of drug-likeness (QED) is 0.244. The van der Waals surface area contributed by atoms with Crippen LogP contribution in [0.2, 0.25) is 0 Å². The third kappa shape index (κ3) is 17.5. The van der Waals surface area contributed by atoms with E-state index in [1.165, 1.54) is 204 Å². The van der Waals surface area contributed by atoms with Crippen molar-refractivity contribution in [3.8, 4) is 0 Å². The van der Waals surface area contributed by atoms with Crippen molar-refractivity contribution in [2.24, 2.45) is 20.0 Å². The van der Waals surface area contributed by atoms with E-state index in [1.807, 2.05) is 0 Å². The van der Waals surface area contributed by atoms with E-state index in [-0.39, 0.29) is 75.4 Å². The number of hydrogen-bond donors (Lipinski definition) is 0. The van der Waals surface area contributed by atoms with Gasteiger partial charge in [0.1, 0.15) is 0 Å². The first-order valence-electron chi connectivity index (χ1n) is 19.0. The topological polar surface area (TPSA) is 62.4 Å². The van der Waals surface area contributed by atoms with E-state index >= 15 is 0 Å². The van der Waals surface area contributed by atoms with Crippen LogP contribution >= 0.6 is 0 Å². The molecule has 8 rings (SSSR count). The summed E-state index contributed by atoms with van der Waals surface area (Å²) in [6.07, 6.45) is 26.5.